The molecule has 0 saturated carbocycles. The van der Waals surface area contributed by atoms with E-state index < -0.39 is 0 Å². The Labute approximate surface area is 93.3 Å². The number of aromatic nitrogens is 2. The fourth-order valence-electron chi connectivity index (χ4n) is 1.64. The second kappa shape index (κ2) is 4.06. The first kappa shape index (κ1) is 10.2. The molecule has 0 fully saturated rings. The molecule has 0 atom stereocenters. The third-order valence-electron chi connectivity index (χ3n) is 2.51. The van der Waals surface area contributed by atoms with Crippen LogP contribution in [0.5, 0.6) is 0 Å². The van der Waals surface area contributed by atoms with E-state index in [-0.39, 0.29) is 0 Å². The fraction of sp³-hybridized carbons (Fsp3) is 0.364. The number of hydrogen-bond acceptors (Lipinski definition) is 3. The van der Waals surface area contributed by atoms with Gasteiger partial charge < -0.3 is 5.73 Å². The number of nitrogens with one attached hydrogen (secondary N) is 1. The van der Waals surface area contributed by atoms with Gasteiger partial charge in [-0.1, -0.05) is 13.8 Å². The molecule has 3 nitrogen and oxygen atoms in total. The third kappa shape index (κ3) is 1.77. The lowest BCUT2D eigenvalue weighted by atomic mass is 10.1. The number of aromatic amines is 1. The number of hydrogen-bond donors (Lipinski definition) is 2. The summed E-state index contributed by atoms with van der Waals surface area (Å²) in [7, 11) is 0. The second-order valence-corrected chi connectivity index (χ2v) is 4.60. The first-order valence-corrected chi connectivity index (χ1v) is 5.99. The highest BCUT2D eigenvalue weighted by Gasteiger charge is 2.12. The molecule has 3 N–H and O–H groups in total. The number of anilines is 1. The summed E-state index contributed by atoms with van der Waals surface area (Å²) in [6, 6.07) is 4.30. The van der Waals surface area contributed by atoms with Crippen molar-refractivity contribution in [2.24, 2.45) is 0 Å². The molecule has 0 unspecified atom stereocenters. The summed E-state index contributed by atoms with van der Waals surface area (Å²) in [5.41, 5.74) is 8.00. The highest BCUT2D eigenvalue weighted by Crippen LogP contribution is 2.31. The molecule has 0 saturated heterocycles. The van der Waals surface area contributed by atoms with Crippen molar-refractivity contribution in [2.45, 2.75) is 26.7 Å². The molecule has 2 heterocycles. The van der Waals surface area contributed by atoms with Crippen molar-refractivity contribution < 1.29 is 0 Å². The Bertz CT molecular complexity index is 456. The average Bonchev–Trinajstić information content (AvgIpc) is 2.83. The van der Waals surface area contributed by atoms with Crippen LogP contribution < -0.4 is 5.73 Å². The highest BCUT2D eigenvalue weighted by atomic mass is 32.1. The largest absolute Gasteiger partial charge is 0.382 e. The van der Waals surface area contributed by atoms with Gasteiger partial charge in [-0.05, 0) is 25.0 Å². The number of H-pyrrole nitrogens is 1. The minimum absolute atomic E-state index is 0.624. The van der Waals surface area contributed by atoms with E-state index in [1.54, 1.807) is 11.3 Å². The van der Waals surface area contributed by atoms with Crippen molar-refractivity contribution in [3.63, 3.8) is 0 Å². The summed E-state index contributed by atoms with van der Waals surface area (Å²) in [4.78, 5) is 2.62. The van der Waals surface area contributed by atoms with Crippen molar-refractivity contribution in [3.8, 4) is 10.6 Å². The Hall–Kier alpha value is -1.29. The topological polar surface area (TPSA) is 54.7 Å². The molecule has 0 radical (unpaired) electrons. The normalized spacial score (nSPS) is 10.8. The van der Waals surface area contributed by atoms with Crippen LogP contribution in [0.4, 0.5) is 5.82 Å². The first-order chi connectivity index (χ1) is 7.26. The van der Waals surface area contributed by atoms with Gasteiger partial charge in [0.1, 0.15) is 5.82 Å². The van der Waals surface area contributed by atoms with Crippen molar-refractivity contribution >= 4 is 17.2 Å². The molecule has 0 aliphatic heterocycles. The van der Waals surface area contributed by atoms with E-state index in [9.17, 15) is 0 Å². The summed E-state index contributed by atoms with van der Waals surface area (Å²) in [5.74, 6) is 0.624. The molecule has 0 aliphatic carbocycles. The lowest BCUT2D eigenvalue weighted by Gasteiger charge is -1.97. The second-order valence-electron chi connectivity index (χ2n) is 3.44. The molecule has 2 aromatic rings. The SMILES string of the molecule is CCc1ccc(-c2[nH]nc(N)c2CC)s1. The van der Waals surface area contributed by atoms with Gasteiger partial charge in [0.25, 0.3) is 0 Å². The molecular weight excluding hydrogens is 206 g/mol. The zero-order valence-electron chi connectivity index (χ0n) is 9.00. The first-order valence-electron chi connectivity index (χ1n) is 5.18. The number of rotatable bonds is 3. The molecule has 2 rings (SSSR count). The van der Waals surface area contributed by atoms with Gasteiger partial charge in [0.2, 0.25) is 0 Å². The van der Waals surface area contributed by atoms with Crippen molar-refractivity contribution in [2.75, 3.05) is 5.73 Å². The van der Waals surface area contributed by atoms with E-state index in [0.717, 1.165) is 24.1 Å². The zero-order valence-corrected chi connectivity index (χ0v) is 9.82. The molecule has 0 bridgehead atoms. The fourth-order valence-corrected chi connectivity index (χ4v) is 2.61. The standard InChI is InChI=1S/C11H15N3S/c1-3-7-5-6-9(15-7)10-8(4-2)11(12)14-13-10/h5-6H,3-4H2,1-2H3,(H3,12,13,14). The van der Waals surface area contributed by atoms with Gasteiger partial charge in [-0.3, -0.25) is 5.10 Å². The van der Waals surface area contributed by atoms with E-state index in [0.29, 0.717) is 5.82 Å². The van der Waals surface area contributed by atoms with Gasteiger partial charge in [0, 0.05) is 10.4 Å². The van der Waals surface area contributed by atoms with Gasteiger partial charge in [0.05, 0.1) is 10.6 Å². The maximum atomic E-state index is 5.79. The predicted octanol–water partition coefficient (Wildman–Crippen LogP) is 2.85. The monoisotopic (exact) mass is 221 g/mol. The van der Waals surface area contributed by atoms with Gasteiger partial charge in [-0.15, -0.1) is 11.3 Å². The van der Waals surface area contributed by atoms with Crippen molar-refractivity contribution in [1.29, 1.82) is 0 Å². The van der Waals surface area contributed by atoms with Crippen molar-refractivity contribution in [1.82, 2.24) is 10.2 Å². The molecular formula is C11H15N3S. The van der Waals surface area contributed by atoms with Crippen molar-refractivity contribution in [3.05, 3.63) is 22.6 Å². The van der Waals surface area contributed by atoms with Crippen LogP contribution in [0.3, 0.4) is 0 Å². The molecule has 0 aliphatic rings. The predicted molar refractivity (Wildman–Crippen MR) is 65.1 cm³/mol. The number of nitrogens with two attached hydrogens (primary N) is 1. The smallest absolute Gasteiger partial charge is 0.149 e. The lowest BCUT2D eigenvalue weighted by molar-refractivity contribution is 1.11. The molecule has 2 aromatic heterocycles. The van der Waals surface area contributed by atoms with Gasteiger partial charge >= 0.3 is 0 Å². The maximum absolute atomic E-state index is 5.79. The zero-order chi connectivity index (χ0) is 10.8. The maximum Gasteiger partial charge on any atom is 0.149 e. The number of nitrogen functional groups attached to an aromatic ring is 1. The molecule has 0 aromatic carbocycles. The van der Waals surface area contributed by atoms with E-state index in [1.165, 1.54) is 9.75 Å². The average molecular weight is 221 g/mol. The Balaban J connectivity index is 2.44. The summed E-state index contributed by atoms with van der Waals surface area (Å²) < 4.78 is 0. The van der Waals surface area contributed by atoms with E-state index in [2.05, 4.69) is 36.2 Å². The molecule has 0 spiro atoms. The quantitative estimate of drug-likeness (QED) is 0.837. The summed E-state index contributed by atoms with van der Waals surface area (Å²) in [6.07, 6.45) is 1.99. The van der Waals surface area contributed by atoms with E-state index in [1.807, 2.05) is 0 Å². The van der Waals surface area contributed by atoms with Gasteiger partial charge in [0.15, 0.2) is 0 Å². The minimum Gasteiger partial charge on any atom is -0.382 e. The van der Waals surface area contributed by atoms with E-state index in [4.69, 9.17) is 5.73 Å². The molecule has 15 heavy (non-hydrogen) atoms. The third-order valence-corrected chi connectivity index (χ3v) is 3.76. The van der Waals surface area contributed by atoms with Crippen LogP contribution in [0.25, 0.3) is 10.6 Å². The summed E-state index contributed by atoms with van der Waals surface area (Å²) >= 11 is 1.80. The Kier molecular flexibility index (Phi) is 2.77. The summed E-state index contributed by atoms with van der Waals surface area (Å²) in [5, 5.41) is 7.07. The van der Waals surface area contributed by atoms with Crippen LogP contribution in [-0.4, -0.2) is 10.2 Å². The molecule has 4 heteroatoms. The lowest BCUT2D eigenvalue weighted by Crippen LogP contribution is -1.90. The molecule has 0 amide bonds. The van der Waals surface area contributed by atoms with Gasteiger partial charge in [-0.2, -0.15) is 5.10 Å². The minimum atomic E-state index is 0.624. The molecule has 80 valence electrons. The van der Waals surface area contributed by atoms with Crippen LogP contribution in [0.15, 0.2) is 12.1 Å². The Morgan fingerprint density at radius 2 is 2.13 bits per heavy atom. The number of aryl methyl sites for hydroxylation is 1. The van der Waals surface area contributed by atoms with Gasteiger partial charge in [-0.25, -0.2) is 0 Å². The number of thiophene rings is 1. The van der Waals surface area contributed by atoms with E-state index >= 15 is 0 Å². The summed E-state index contributed by atoms with van der Waals surface area (Å²) in [6.45, 7) is 4.26. The van der Waals surface area contributed by atoms with Crippen LogP contribution in [0.1, 0.15) is 24.3 Å². The van der Waals surface area contributed by atoms with Crippen LogP contribution in [-0.2, 0) is 12.8 Å². The Morgan fingerprint density at radius 3 is 2.73 bits per heavy atom. The highest BCUT2D eigenvalue weighted by molar-refractivity contribution is 7.15. The number of nitrogens with zero attached hydrogens (tertiary/aromatic N) is 1. The Morgan fingerprint density at radius 1 is 1.33 bits per heavy atom. The van der Waals surface area contributed by atoms with Crippen LogP contribution in [0.2, 0.25) is 0 Å². The van der Waals surface area contributed by atoms with Crippen LogP contribution in [0, 0.1) is 0 Å². The van der Waals surface area contributed by atoms with Crippen LogP contribution >= 0.6 is 11.3 Å².